The van der Waals surface area contributed by atoms with Gasteiger partial charge in [-0.2, -0.15) is 0 Å². The van der Waals surface area contributed by atoms with Gasteiger partial charge in [-0.3, -0.25) is 0 Å². The number of nitrogens with zero attached hydrogens (tertiary/aromatic N) is 3. The molecule has 0 radical (unpaired) electrons. The minimum atomic E-state index is -0.461. The molecule has 1 aromatic rings. The maximum atomic E-state index is 12.0. The first-order valence-corrected chi connectivity index (χ1v) is 7.21. The average molecular weight is 292 g/mol. The van der Waals surface area contributed by atoms with E-state index < -0.39 is 5.60 Å². The van der Waals surface area contributed by atoms with Crippen LogP contribution in [-0.4, -0.2) is 47.8 Å². The van der Waals surface area contributed by atoms with Gasteiger partial charge >= 0.3 is 6.09 Å². The Morgan fingerprint density at radius 1 is 1.29 bits per heavy atom. The highest BCUT2D eigenvalue weighted by Crippen LogP contribution is 2.22. The second-order valence-electron chi connectivity index (χ2n) is 6.38. The molecule has 2 heterocycles. The zero-order valence-electron chi connectivity index (χ0n) is 13.2. The normalized spacial score (nSPS) is 16.0. The molecule has 2 rings (SSSR count). The van der Waals surface area contributed by atoms with Crippen molar-refractivity contribution in [2.24, 2.45) is 0 Å². The molecule has 2 N–H and O–H groups in total. The number of ether oxygens (including phenoxy) is 1. The van der Waals surface area contributed by atoms with Crippen molar-refractivity contribution < 1.29 is 9.53 Å². The Labute approximate surface area is 125 Å². The minimum Gasteiger partial charge on any atom is -0.444 e. The predicted octanol–water partition coefficient (Wildman–Crippen LogP) is 2.03. The van der Waals surface area contributed by atoms with Crippen molar-refractivity contribution >= 4 is 17.6 Å². The van der Waals surface area contributed by atoms with E-state index in [9.17, 15) is 4.79 Å². The van der Waals surface area contributed by atoms with E-state index in [4.69, 9.17) is 10.5 Å². The number of hydrogen-bond acceptors (Lipinski definition) is 5. The third-order valence-corrected chi connectivity index (χ3v) is 3.26. The van der Waals surface area contributed by atoms with Crippen LogP contribution >= 0.6 is 0 Å². The number of carbonyl (C=O) groups is 1. The smallest absolute Gasteiger partial charge is 0.410 e. The highest BCUT2D eigenvalue weighted by atomic mass is 16.6. The van der Waals surface area contributed by atoms with Gasteiger partial charge in [-0.1, -0.05) is 0 Å². The number of anilines is 2. The van der Waals surface area contributed by atoms with Gasteiger partial charge < -0.3 is 20.3 Å². The number of hydrogen-bond donors (Lipinski definition) is 1. The largest absolute Gasteiger partial charge is 0.444 e. The molecule has 1 saturated heterocycles. The van der Waals surface area contributed by atoms with Crippen molar-refractivity contribution in [1.29, 1.82) is 0 Å². The topological polar surface area (TPSA) is 71.7 Å². The number of rotatable bonds is 1. The number of pyridine rings is 1. The summed E-state index contributed by atoms with van der Waals surface area (Å²) in [7, 11) is 0. The second kappa shape index (κ2) is 5.79. The van der Waals surface area contributed by atoms with Gasteiger partial charge in [0.25, 0.3) is 0 Å². The Balaban J connectivity index is 1.95. The summed E-state index contributed by atoms with van der Waals surface area (Å²) in [5, 5.41) is 0. The number of nitrogens with two attached hydrogens (primary N) is 1. The van der Waals surface area contributed by atoms with Crippen LogP contribution in [0, 0.1) is 6.92 Å². The van der Waals surface area contributed by atoms with Crippen LogP contribution in [0.2, 0.25) is 0 Å². The van der Waals surface area contributed by atoms with Crippen molar-refractivity contribution in [1.82, 2.24) is 9.88 Å². The van der Waals surface area contributed by atoms with Crippen molar-refractivity contribution in [3.05, 3.63) is 17.8 Å². The number of aromatic nitrogens is 1. The minimum absolute atomic E-state index is 0.257. The Morgan fingerprint density at radius 2 is 1.90 bits per heavy atom. The Hall–Kier alpha value is -1.98. The summed E-state index contributed by atoms with van der Waals surface area (Å²) < 4.78 is 5.39. The van der Waals surface area contributed by atoms with E-state index in [1.54, 1.807) is 4.90 Å². The van der Waals surface area contributed by atoms with Crippen LogP contribution < -0.4 is 10.6 Å². The van der Waals surface area contributed by atoms with Crippen molar-refractivity contribution in [2.45, 2.75) is 33.3 Å². The molecular formula is C15H24N4O2. The molecule has 0 unspecified atom stereocenters. The summed E-state index contributed by atoms with van der Waals surface area (Å²) in [5.41, 5.74) is 7.29. The molecule has 0 bridgehead atoms. The molecule has 1 fully saturated rings. The molecule has 1 aliphatic heterocycles. The fraction of sp³-hybridized carbons (Fsp3) is 0.600. The van der Waals surface area contributed by atoms with Crippen LogP contribution in [0.25, 0.3) is 0 Å². The third kappa shape index (κ3) is 4.00. The standard InChI is InChI=1S/C15H24N4O2/c1-11-9-12(16)13(17-10-11)18-5-7-19(8-6-18)14(20)21-15(2,3)4/h9-10H,5-8,16H2,1-4H3. The molecular weight excluding hydrogens is 268 g/mol. The third-order valence-electron chi connectivity index (χ3n) is 3.26. The summed E-state index contributed by atoms with van der Waals surface area (Å²) in [5.74, 6) is 0.796. The zero-order chi connectivity index (χ0) is 15.6. The molecule has 116 valence electrons. The molecule has 1 aliphatic rings. The molecule has 0 spiro atoms. The van der Waals surface area contributed by atoms with Crippen molar-refractivity contribution in [3.8, 4) is 0 Å². The lowest BCUT2D eigenvalue weighted by Gasteiger charge is -2.36. The summed E-state index contributed by atoms with van der Waals surface area (Å²) in [6.45, 7) is 10.2. The predicted molar refractivity (Wildman–Crippen MR) is 83.4 cm³/mol. The van der Waals surface area contributed by atoms with Crippen LogP contribution in [0.1, 0.15) is 26.3 Å². The van der Waals surface area contributed by atoms with Gasteiger partial charge in [0.05, 0.1) is 5.69 Å². The van der Waals surface area contributed by atoms with Crippen LogP contribution in [-0.2, 0) is 4.74 Å². The molecule has 6 heteroatoms. The van der Waals surface area contributed by atoms with E-state index in [0.717, 1.165) is 11.4 Å². The first-order valence-electron chi connectivity index (χ1n) is 7.21. The summed E-state index contributed by atoms with van der Waals surface area (Å²) in [6.07, 6.45) is 1.55. The maximum Gasteiger partial charge on any atom is 0.410 e. The number of carbonyl (C=O) groups excluding carboxylic acids is 1. The summed E-state index contributed by atoms with van der Waals surface area (Å²) in [4.78, 5) is 20.2. The number of amides is 1. The van der Waals surface area contributed by atoms with E-state index >= 15 is 0 Å². The lowest BCUT2D eigenvalue weighted by Crippen LogP contribution is -2.50. The van der Waals surface area contributed by atoms with Gasteiger partial charge in [0.15, 0.2) is 5.82 Å². The average Bonchev–Trinajstić information content (AvgIpc) is 2.37. The highest BCUT2D eigenvalue weighted by molar-refractivity contribution is 5.69. The van der Waals surface area contributed by atoms with Gasteiger partial charge in [-0.15, -0.1) is 0 Å². The van der Waals surface area contributed by atoms with E-state index in [-0.39, 0.29) is 6.09 Å². The van der Waals surface area contributed by atoms with Gasteiger partial charge in [-0.25, -0.2) is 9.78 Å². The van der Waals surface area contributed by atoms with Gasteiger partial charge in [0.1, 0.15) is 5.60 Å². The molecule has 0 atom stereocenters. The maximum absolute atomic E-state index is 12.0. The molecule has 0 aliphatic carbocycles. The van der Waals surface area contributed by atoms with Crippen LogP contribution in [0.3, 0.4) is 0 Å². The molecule has 0 saturated carbocycles. The van der Waals surface area contributed by atoms with Crippen LogP contribution in [0.4, 0.5) is 16.3 Å². The second-order valence-corrected chi connectivity index (χ2v) is 6.38. The zero-order valence-corrected chi connectivity index (χ0v) is 13.2. The quantitative estimate of drug-likeness (QED) is 0.857. The molecule has 21 heavy (non-hydrogen) atoms. The fourth-order valence-corrected chi connectivity index (χ4v) is 2.28. The van der Waals surface area contributed by atoms with Gasteiger partial charge in [-0.05, 0) is 39.3 Å². The summed E-state index contributed by atoms with van der Waals surface area (Å²) >= 11 is 0. The SMILES string of the molecule is Cc1cnc(N2CCN(C(=O)OC(C)(C)C)CC2)c(N)c1. The molecule has 1 aromatic heterocycles. The Kier molecular flexibility index (Phi) is 4.25. The number of piperazine rings is 1. The Morgan fingerprint density at radius 3 is 2.43 bits per heavy atom. The highest BCUT2D eigenvalue weighted by Gasteiger charge is 2.26. The molecule has 6 nitrogen and oxygen atoms in total. The summed E-state index contributed by atoms with van der Waals surface area (Å²) in [6, 6.07) is 1.92. The van der Waals surface area contributed by atoms with Gasteiger partial charge in [0, 0.05) is 32.4 Å². The van der Waals surface area contributed by atoms with E-state index in [2.05, 4.69) is 9.88 Å². The van der Waals surface area contributed by atoms with E-state index in [0.29, 0.717) is 31.9 Å². The lowest BCUT2D eigenvalue weighted by molar-refractivity contribution is 0.0240. The van der Waals surface area contributed by atoms with Crippen molar-refractivity contribution in [2.75, 3.05) is 36.8 Å². The van der Waals surface area contributed by atoms with Crippen LogP contribution in [0.5, 0.6) is 0 Å². The first-order chi connectivity index (χ1) is 9.76. The van der Waals surface area contributed by atoms with E-state index in [1.165, 1.54) is 0 Å². The molecule has 1 amide bonds. The Bertz CT molecular complexity index is 517. The number of aryl methyl sites for hydroxylation is 1. The monoisotopic (exact) mass is 292 g/mol. The molecule has 0 aromatic carbocycles. The number of nitrogen functional groups attached to an aromatic ring is 1. The van der Waals surface area contributed by atoms with E-state index in [1.807, 2.05) is 40.0 Å². The van der Waals surface area contributed by atoms with Gasteiger partial charge in [0.2, 0.25) is 0 Å². The first kappa shape index (κ1) is 15.4. The fourth-order valence-electron chi connectivity index (χ4n) is 2.28. The van der Waals surface area contributed by atoms with Crippen LogP contribution in [0.15, 0.2) is 12.3 Å². The van der Waals surface area contributed by atoms with Crippen molar-refractivity contribution in [3.63, 3.8) is 0 Å². The lowest BCUT2D eigenvalue weighted by atomic mass is 10.2.